The summed E-state index contributed by atoms with van der Waals surface area (Å²) in [6.07, 6.45) is 1.62. The average molecular weight is 200 g/mol. The number of hydrogen-bond donors (Lipinski definition) is 2. The maximum Gasteiger partial charge on any atom is 0.246 e. The molecule has 14 heavy (non-hydrogen) atoms. The van der Waals surface area contributed by atoms with Gasteiger partial charge in [0.1, 0.15) is 12.6 Å². The van der Waals surface area contributed by atoms with Gasteiger partial charge in [-0.15, -0.1) is 0 Å². The van der Waals surface area contributed by atoms with Crippen molar-refractivity contribution in [2.45, 2.75) is 25.8 Å². The van der Waals surface area contributed by atoms with Crippen LogP contribution in [0.4, 0.5) is 0 Å². The molecule has 1 rings (SSSR count). The van der Waals surface area contributed by atoms with Gasteiger partial charge in [0.05, 0.1) is 0 Å². The lowest BCUT2D eigenvalue weighted by atomic mass is 10.1. The van der Waals surface area contributed by atoms with E-state index in [1.165, 1.54) is 0 Å². The van der Waals surface area contributed by atoms with Gasteiger partial charge in [0.15, 0.2) is 0 Å². The molecule has 1 heterocycles. The van der Waals surface area contributed by atoms with Crippen LogP contribution < -0.4 is 10.6 Å². The largest absolute Gasteiger partial charge is 0.372 e. The number of ether oxygens (including phenoxy) is 1. The number of piperidine rings is 1. The molecule has 5 heteroatoms. The molecule has 2 N–H and O–H groups in total. The summed E-state index contributed by atoms with van der Waals surface area (Å²) in [7, 11) is 0. The van der Waals surface area contributed by atoms with Crippen LogP contribution >= 0.6 is 0 Å². The predicted molar refractivity (Wildman–Crippen MR) is 50.7 cm³/mol. The Balaban J connectivity index is 2.27. The first-order valence-corrected chi connectivity index (χ1v) is 4.89. The van der Waals surface area contributed by atoms with Gasteiger partial charge in [-0.1, -0.05) is 0 Å². The Morgan fingerprint density at radius 1 is 1.71 bits per heavy atom. The molecule has 0 aromatic heterocycles. The summed E-state index contributed by atoms with van der Waals surface area (Å²) in [5.41, 5.74) is 0. The Bertz CT molecular complexity index is 218. The third-order valence-electron chi connectivity index (χ3n) is 2.06. The van der Waals surface area contributed by atoms with Crippen LogP contribution in [-0.4, -0.2) is 37.6 Å². The molecule has 1 fully saturated rings. The van der Waals surface area contributed by atoms with Crippen molar-refractivity contribution in [3.8, 4) is 0 Å². The summed E-state index contributed by atoms with van der Waals surface area (Å²) < 4.78 is 4.93. The molecule has 5 nitrogen and oxygen atoms in total. The summed E-state index contributed by atoms with van der Waals surface area (Å²) in [5, 5.41) is 5.33. The first kappa shape index (κ1) is 11.0. The Morgan fingerprint density at radius 2 is 2.50 bits per heavy atom. The van der Waals surface area contributed by atoms with Gasteiger partial charge in [-0.25, -0.2) is 0 Å². The lowest BCUT2D eigenvalue weighted by Gasteiger charge is -2.22. The fourth-order valence-corrected chi connectivity index (χ4v) is 1.34. The fourth-order valence-electron chi connectivity index (χ4n) is 1.34. The fraction of sp³-hybridized carbons (Fsp3) is 0.778. The zero-order valence-corrected chi connectivity index (χ0v) is 8.34. The first-order valence-electron chi connectivity index (χ1n) is 4.89. The van der Waals surface area contributed by atoms with Crippen molar-refractivity contribution >= 4 is 11.8 Å². The van der Waals surface area contributed by atoms with Gasteiger partial charge >= 0.3 is 0 Å². The van der Waals surface area contributed by atoms with Crippen molar-refractivity contribution in [1.82, 2.24) is 10.6 Å². The van der Waals surface area contributed by atoms with E-state index in [4.69, 9.17) is 4.74 Å². The van der Waals surface area contributed by atoms with Crippen molar-refractivity contribution < 1.29 is 14.3 Å². The Hall–Kier alpha value is -1.10. The number of amides is 2. The zero-order valence-electron chi connectivity index (χ0n) is 8.34. The van der Waals surface area contributed by atoms with Crippen LogP contribution in [0.2, 0.25) is 0 Å². The minimum Gasteiger partial charge on any atom is -0.372 e. The molecule has 1 aliphatic heterocycles. The number of carbonyl (C=O) groups excluding carboxylic acids is 2. The van der Waals surface area contributed by atoms with E-state index in [9.17, 15) is 9.59 Å². The molecule has 0 spiro atoms. The van der Waals surface area contributed by atoms with E-state index in [0.717, 1.165) is 6.42 Å². The minimum atomic E-state index is -0.378. The van der Waals surface area contributed by atoms with Gasteiger partial charge in [-0.2, -0.15) is 0 Å². The van der Waals surface area contributed by atoms with E-state index in [2.05, 4.69) is 10.6 Å². The average Bonchev–Trinajstić information content (AvgIpc) is 2.18. The molecule has 80 valence electrons. The quantitative estimate of drug-likeness (QED) is 0.638. The number of hydrogen-bond acceptors (Lipinski definition) is 3. The van der Waals surface area contributed by atoms with Crippen molar-refractivity contribution in [3.63, 3.8) is 0 Å². The van der Waals surface area contributed by atoms with E-state index in [1.807, 2.05) is 6.92 Å². The second kappa shape index (κ2) is 5.59. The summed E-state index contributed by atoms with van der Waals surface area (Å²) >= 11 is 0. The SMILES string of the molecule is CCOCC(=O)NC1CCCNC1=O. The second-order valence-corrected chi connectivity index (χ2v) is 3.19. The standard InChI is InChI=1S/C9H16N2O3/c1-2-14-6-8(12)11-7-4-3-5-10-9(7)13/h7H,2-6H2,1H3,(H,10,13)(H,11,12). The van der Waals surface area contributed by atoms with Gasteiger partial charge in [-0.3, -0.25) is 9.59 Å². The molecule has 0 aromatic rings. The van der Waals surface area contributed by atoms with Gasteiger partial charge in [-0.05, 0) is 19.8 Å². The lowest BCUT2D eigenvalue weighted by Crippen LogP contribution is -2.51. The first-order chi connectivity index (χ1) is 6.74. The third kappa shape index (κ3) is 3.33. The molecule has 1 saturated heterocycles. The Morgan fingerprint density at radius 3 is 3.14 bits per heavy atom. The Kier molecular flexibility index (Phi) is 4.39. The molecule has 1 unspecified atom stereocenters. The molecule has 1 atom stereocenters. The number of nitrogens with one attached hydrogen (secondary N) is 2. The van der Waals surface area contributed by atoms with E-state index in [1.54, 1.807) is 0 Å². The van der Waals surface area contributed by atoms with E-state index in [-0.39, 0.29) is 24.5 Å². The smallest absolute Gasteiger partial charge is 0.246 e. The van der Waals surface area contributed by atoms with Crippen LogP contribution in [0.3, 0.4) is 0 Å². The predicted octanol–water partition coefficient (Wildman–Crippen LogP) is -0.582. The molecule has 0 aliphatic carbocycles. The van der Waals surface area contributed by atoms with Crippen LogP contribution in [0.5, 0.6) is 0 Å². The second-order valence-electron chi connectivity index (χ2n) is 3.19. The van der Waals surface area contributed by atoms with Crippen LogP contribution in [0.25, 0.3) is 0 Å². The van der Waals surface area contributed by atoms with Gasteiger partial charge in [0, 0.05) is 13.2 Å². The molecular weight excluding hydrogens is 184 g/mol. The summed E-state index contributed by atoms with van der Waals surface area (Å²) in [6, 6.07) is -0.378. The van der Waals surface area contributed by atoms with Gasteiger partial charge < -0.3 is 15.4 Å². The van der Waals surface area contributed by atoms with E-state index >= 15 is 0 Å². The van der Waals surface area contributed by atoms with Crippen molar-refractivity contribution in [2.75, 3.05) is 19.8 Å². The molecular formula is C9H16N2O3. The monoisotopic (exact) mass is 200 g/mol. The molecule has 0 saturated carbocycles. The maximum atomic E-state index is 11.2. The topological polar surface area (TPSA) is 67.4 Å². The van der Waals surface area contributed by atoms with Crippen LogP contribution in [0.15, 0.2) is 0 Å². The van der Waals surface area contributed by atoms with Gasteiger partial charge in [0.2, 0.25) is 11.8 Å². The highest BCUT2D eigenvalue weighted by Gasteiger charge is 2.23. The molecule has 0 radical (unpaired) electrons. The third-order valence-corrected chi connectivity index (χ3v) is 2.06. The maximum absolute atomic E-state index is 11.2. The normalized spacial score (nSPS) is 21.5. The number of carbonyl (C=O) groups is 2. The van der Waals surface area contributed by atoms with Crippen LogP contribution in [-0.2, 0) is 14.3 Å². The molecule has 1 aliphatic rings. The highest BCUT2D eigenvalue weighted by molar-refractivity contribution is 5.88. The molecule has 0 bridgehead atoms. The zero-order chi connectivity index (χ0) is 10.4. The number of rotatable bonds is 4. The highest BCUT2D eigenvalue weighted by atomic mass is 16.5. The van der Waals surface area contributed by atoms with Crippen molar-refractivity contribution in [1.29, 1.82) is 0 Å². The summed E-state index contributed by atoms with van der Waals surface area (Å²) in [6.45, 7) is 3.06. The summed E-state index contributed by atoms with van der Waals surface area (Å²) in [4.78, 5) is 22.4. The van der Waals surface area contributed by atoms with E-state index < -0.39 is 0 Å². The molecule has 0 aromatic carbocycles. The minimum absolute atomic E-state index is 0.0281. The van der Waals surface area contributed by atoms with Crippen molar-refractivity contribution in [3.05, 3.63) is 0 Å². The van der Waals surface area contributed by atoms with Gasteiger partial charge in [0.25, 0.3) is 0 Å². The van der Waals surface area contributed by atoms with Crippen LogP contribution in [0, 0.1) is 0 Å². The highest BCUT2D eigenvalue weighted by Crippen LogP contribution is 2.02. The lowest BCUT2D eigenvalue weighted by molar-refractivity contribution is -0.132. The van der Waals surface area contributed by atoms with E-state index in [0.29, 0.717) is 19.6 Å². The van der Waals surface area contributed by atoms with Crippen molar-refractivity contribution in [2.24, 2.45) is 0 Å². The Labute approximate surface area is 83.2 Å². The summed E-state index contributed by atoms with van der Waals surface area (Å²) in [5.74, 6) is -0.324. The van der Waals surface area contributed by atoms with Crippen LogP contribution in [0.1, 0.15) is 19.8 Å². The molecule has 2 amide bonds.